The monoisotopic (exact) mass is 379 g/mol. The Hall–Kier alpha value is -2.74. The standard InChI is InChI=1S/C18H18FNO5S/c1-3-20(15-8-6-14(19)7-9-15)17(21)12-25-18(22)13-4-10-16(11-5-13)26(2,23)24/h4-11H,3,12H2,1-2H3. The number of carbonyl (C=O) groups is 2. The first-order chi connectivity index (χ1) is 12.2. The molecule has 2 rings (SSSR count). The highest BCUT2D eigenvalue weighted by Gasteiger charge is 2.17. The molecule has 0 radical (unpaired) electrons. The van der Waals surface area contributed by atoms with Gasteiger partial charge in [-0.1, -0.05) is 0 Å². The number of carbonyl (C=O) groups excluding carboxylic acids is 2. The van der Waals surface area contributed by atoms with Gasteiger partial charge in [-0.05, 0) is 55.5 Å². The van der Waals surface area contributed by atoms with Crippen molar-refractivity contribution < 1.29 is 27.1 Å². The van der Waals surface area contributed by atoms with Gasteiger partial charge in [0, 0.05) is 18.5 Å². The quantitative estimate of drug-likeness (QED) is 0.720. The second-order valence-electron chi connectivity index (χ2n) is 5.49. The summed E-state index contributed by atoms with van der Waals surface area (Å²) in [6.45, 7) is 1.58. The summed E-state index contributed by atoms with van der Waals surface area (Å²) in [7, 11) is -3.36. The molecule has 0 saturated carbocycles. The smallest absolute Gasteiger partial charge is 0.338 e. The van der Waals surface area contributed by atoms with E-state index in [4.69, 9.17) is 4.74 Å². The van der Waals surface area contributed by atoms with Crippen molar-refractivity contribution in [1.82, 2.24) is 0 Å². The summed E-state index contributed by atoms with van der Waals surface area (Å²) in [5.74, 6) is -1.62. The number of sulfone groups is 1. The van der Waals surface area contributed by atoms with Crippen LogP contribution < -0.4 is 4.90 Å². The lowest BCUT2D eigenvalue weighted by atomic mass is 10.2. The van der Waals surface area contributed by atoms with Crippen molar-refractivity contribution in [2.75, 3.05) is 24.3 Å². The molecule has 26 heavy (non-hydrogen) atoms. The number of esters is 1. The van der Waals surface area contributed by atoms with E-state index in [1.807, 2.05) is 0 Å². The number of ether oxygens (including phenoxy) is 1. The van der Waals surface area contributed by atoms with E-state index in [9.17, 15) is 22.4 Å². The third kappa shape index (κ3) is 4.89. The van der Waals surface area contributed by atoms with Crippen molar-refractivity contribution in [2.45, 2.75) is 11.8 Å². The van der Waals surface area contributed by atoms with Gasteiger partial charge in [-0.15, -0.1) is 0 Å². The minimum Gasteiger partial charge on any atom is -0.452 e. The lowest BCUT2D eigenvalue weighted by molar-refractivity contribution is -0.121. The van der Waals surface area contributed by atoms with Crippen LogP contribution in [0.4, 0.5) is 10.1 Å². The number of halogens is 1. The van der Waals surface area contributed by atoms with E-state index >= 15 is 0 Å². The van der Waals surface area contributed by atoms with Gasteiger partial charge < -0.3 is 9.64 Å². The molecule has 8 heteroatoms. The molecule has 0 fully saturated rings. The van der Waals surface area contributed by atoms with Gasteiger partial charge in [0.25, 0.3) is 5.91 Å². The zero-order chi connectivity index (χ0) is 19.3. The molecule has 0 atom stereocenters. The van der Waals surface area contributed by atoms with Gasteiger partial charge in [-0.25, -0.2) is 17.6 Å². The molecule has 2 aromatic rings. The number of amides is 1. The largest absolute Gasteiger partial charge is 0.452 e. The van der Waals surface area contributed by atoms with E-state index in [2.05, 4.69) is 0 Å². The van der Waals surface area contributed by atoms with Crippen molar-refractivity contribution in [3.63, 3.8) is 0 Å². The van der Waals surface area contributed by atoms with Crippen LogP contribution in [0.15, 0.2) is 53.4 Å². The lowest BCUT2D eigenvalue weighted by Crippen LogP contribution is -2.34. The predicted octanol–water partition coefficient (Wildman–Crippen LogP) is 2.44. The molecule has 0 aliphatic carbocycles. The van der Waals surface area contributed by atoms with Crippen LogP contribution in [0, 0.1) is 5.82 Å². The Balaban J connectivity index is 2.01. The molecule has 0 N–H and O–H groups in total. The molecule has 0 spiro atoms. The molecule has 0 heterocycles. The van der Waals surface area contributed by atoms with Gasteiger partial charge in [0.15, 0.2) is 16.4 Å². The minimum absolute atomic E-state index is 0.0820. The summed E-state index contributed by atoms with van der Waals surface area (Å²) in [5, 5.41) is 0. The van der Waals surface area contributed by atoms with E-state index < -0.39 is 34.1 Å². The Bertz CT molecular complexity index is 892. The van der Waals surface area contributed by atoms with E-state index in [1.54, 1.807) is 6.92 Å². The zero-order valence-corrected chi connectivity index (χ0v) is 15.1. The number of likely N-dealkylation sites (N-methyl/N-ethyl adjacent to an activating group) is 1. The Labute approximate surface area is 151 Å². The van der Waals surface area contributed by atoms with E-state index in [-0.39, 0.29) is 10.5 Å². The number of hydrogen-bond donors (Lipinski definition) is 0. The number of nitrogens with zero attached hydrogens (tertiary/aromatic N) is 1. The van der Waals surface area contributed by atoms with E-state index in [0.29, 0.717) is 12.2 Å². The molecular weight excluding hydrogens is 361 g/mol. The Kier molecular flexibility index (Phi) is 6.10. The average molecular weight is 379 g/mol. The summed E-state index contributed by atoms with van der Waals surface area (Å²) < 4.78 is 40.8. The number of benzene rings is 2. The van der Waals surface area contributed by atoms with Crippen LogP contribution in [0.1, 0.15) is 17.3 Å². The molecule has 0 aliphatic heterocycles. The highest BCUT2D eigenvalue weighted by atomic mass is 32.2. The van der Waals surface area contributed by atoms with Crippen LogP contribution in [-0.4, -0.2) is 39.7 Å². The van der Waals surface area contributed by atoms with Crippen molar-refractivity contribution in [2.24, 2.45) is 0 Å². The SMILES string of the molecule is CCN(C(=O)COC(=O)c1ccc(S(C)(=O)=O)cc1)c1ccc(F)cc1. The second-order valence-corrected chi connectivity index (χ2v) is 7.50. The summed E-state index contributed by atoms with van der Waals surface area (Å²) >= 11 is 0. The van der Waals surface area contributed by atoms with Crippen molar-refractivity contribution >= 4 is 27.4 Å². The van der Waals surface area contributed by atoms with Gasteiger partial charge in [0.2, 0.25) is 0 Å². The fourth-order valence-corrected chi connectivity index (χ4v) is 2.88. The van der Waals surface area contributed by atoms with Crippen molar-refractivity contribution in [1.29, 1.82) is 0 Å². The maximum Gasteiger partial charge on any atom is 0.338 e. The fourth-order valence-electron chi connectivity index (χ4n) is 2.25. The number of rotatable bonds is 6. The Morgan fingerprint density at radius 2 is 1.62 bits per heavy atom. The van der Waals surface area contributed by atoms with Crippen LogP contribution in [0.25, 0.3) is 0 Å². The van der Waals surface area contributed by atoms with Crippen LogP contribution in [0.3, 0.4) is 0 Å². The third-order valence-electron chi connectivity index (χ3n) is 3.60. The first-order valence-electron chi connectivity index (χ1n) is 7.75. The fraction of sp³-hybridized carbons (Fsp3) is 0.222. The van der Waals surface area contributed by atoms with Crippen LogP contribution in [-0.2, 0) is 19.4 Å². The van der Waals surface area contributed by atoms with Gasteiger partial charge in [-0.2, -0.15) is 0 Å². The maximum absolute atomic E-state index is 13.0. The number of hydrogen-bond acceptors (Lipinski definition) is 5. The first kappa shape index (κ1) is 19.6. The molecule has 0 aliphatic rings. The maximum atomic E-state index is 13.0. The predicted molar refractivity (Wildman–Crippen MR) is 94.3 cm³/mol. The molecule has 0 bridgehead atoms. The molecule has 6 nitrogen and oxygen atoms in total. The highest BCUT2D eigenvalue weighted by Crippen LogP contribution is 2.15. The number of anilines is 1. The molecule has 0 unspecified atom stereocenters. The Morgan fingerprint density at radius 1 is 1.04 bits per heavy atom. The first-order valence-corrected chi connectivity index (χ1v) is 9.64. The van der Waals surface area contributed by atoms with Crippen molar-refractivity contribution in [3.05, 3.63) is 59.9 Å². The molecule has 0 saturated heterocycles. The molecule has 2 aromatic carbocycles. The summed E-state index contributed by atoms with van der Waals surface area (Å²) in [6, 6.07) is 10.6. The topological polar surface area (TPSA) is 80.8 Å². The van der Waals surface area contributed by atoms with Crippen LogP contribution >= 0.6 is 0 Å². The van der Waals surface area contributed by atoms with Crippen LogP contribution in [0.5, 0.6) is 0 Å². The third-order valence-corrected chi connectivity index (χ3v) is 4.73. The summed E-state index contributed by atoms with van der Waals surface area (Å²) in [6.07, 6.45) is 1.06. The van der Waals surface area contributed by atoms with Crippen LogP contribution in [0.2, 0.25) is 0 Å². The second kappa shape index (κ2) is 8.09. The van der Waals surface area contributed by atoms with E-state index in [1.165, 1.54) is 53.4 Å². The molecule has 138 valence electrons. The van der Waals surface area contributed by atoms with E-state index in [0.717, 1.165) is 6.26 Å². The normalized spacial score (nSPS) is 11.0. The lowest BCUT2D eigenvalue weighted by Gasteiger charge is -2.20. The van der Waals surface area contributed by atoms with Gasteiger partial charge in [0.1, 0.15) is 5.82 Å². The molecule has 1 amide bonds. The summed E-state index contributed by atoms with van der Waals surface area (Å²) in [5.41, 5.74) is 0.627. The highest BCUT2D eigenvalue weighted by molar-refractivity contribution is 7.90. The molecule has 0 aromatic heterocycles. The van der Waals surface area contributed by atoms with Gasteiger partial charge in [0.05, 0.1) is 10.5 Å². The van der Waals surface area contributed by atoms with Gasteiger partial charge in [-0.3, -0.25) is 4.79 Å². The molecular formula is C18H18FNO5S. The average Bonchev–Trinajstić information content (AvgIpc) is 2.61. The minimum atomic E-state index is -3.36. The van der Waals surface area contributed by atoms with Gasteiger partial charge >= 0.3 is 5.97 Å². The summed E-state index contributed by atoms with van der Waals surface area (Å²) in [4.78, 5) is 25.7. The van der Waals surface area contributed by atoms with Crippen molar-refractivity contribution in [3.8, 4) is 0 Å². The zero-order valence-electron chi connectivity index (χ0n) is 14.3. The Morgan fingerprint density at radius 3 is 2.12 bits per heavy atom.